The molecule has 5 rings (SSSR count). The molecule has 0 spiro atoms. The Morgan fingerprint density at radius 3 is 2.57 bits per heavy atom. The van der Waals surface area contributed by atoms with Crippen molar-refractivity contribution in [3.05, 3.63) is 59.7 Å². The first kappa shape index (κ1) is 24.9. The van der Waals surface area contributed by atoms with E-state index in [9.17, 15) is 13.8 Å². The Kier molecular flexibility index (Phi) is 6.96. The number of imidazole rings is 1. The number of benzene rings is 2. The van der Waals surface area contributed by atoms with Crippen molar-refractivity contribution < 1.29 is 22.9 Å². The molecule has 0 amide bonds. The molecule has 4 aromatic rings. The summed E-state index contributed by atoms with van der Waals surface area (Å²) in [6.45, 7) is 2.28. The zero-order valence-electron chi connectivity index (χ0n) is 20.2. The summed E-state index contributed by atoms with van der Waals surface area (Å²) in [5, 5.41) is 13.0. The third-order valence-corrected chi connectivity index (χ3v) is 7.24. The second-order valence-electron chi connectivity index (χ2n) is 9.09. The minimum atomic E-state index is -1.28. The molecule has 2 heterocycles. The zero-order valence-corrected chi connectivity index (χ0v) is 21.1. The predicted octanol–water partition coefficient (Wildman–Crippen LogP) is 5.96. The summed E-state index contributed by atoms with van der Waals surface area (Å²) < 4.78 is 35.1. The fourth-order valence-electron chi connectivity index (χ4n) is 4.50. The molecule has 0 saturated heterocycles. The molecule has 37 heavy (non-hydrogen) atoms. The predicted molar refractivity (Wildman–Crippen MR) is 137 cm³/mol. The molecule has 8 nitrogen and oxygen atoms in total. The Hall–Kier alpha value is -3.73. The first-order valence-corrected chi connectivity index (χ1v) is 12.6. The average molecular weight is 526 g/mol. The van der Waals surface area contributed by atoms with Crippen LogP contribution >= 0.6 is 12.1 Å². The highest BCUT2D eigenvalue weighted by molar-refractivity contribution is 7.94. The van der Waals surface area contributed by atoms with Gasteiger partial charge in [0.25, 0.3) is 0 Å². The van der Waals surface area contributed by atoms with Gasteiger partial charge in [0, 0.05) is 23.5 Å². The van der Waals surface area contributed by atoms with Crippen LogP contribution in [-0.2, 0) is 6.54 Å². The number of nitrogens with zero attached hydrogens (tertiary/aromatic N) is 4. The van der Waals surface area contributed by atoms with Crippen LogP contribution in [0, 0.1) is 11.7 Å². The van der Waals surface area contributed by atoms with Gasteiger partial charge < -0.3 is 19.7 Å². The second-order valence-corrected chi connectivity index (χ2v) is 9.71. The number of halogens is 2. The van der Waals surface area contributed by atoms with Crippen LogP contribution in [0.1, 0.15) is 42.4 Å². The molecule has 0 radical (unpaired) electrons. The Morgan fingerprint density at radius 1 is 1.22 bits per heavy atom. The Morgan fingerprint density at radius 2 is 1.97 bits per heavy atom. The molecule has 1 aliphatic rings. The van der Waals surface area contributed by atoms with Gasteiger partial charge in [-0.05, 0) is 55.5 Å². The molecular weight excluding hydrogens is 500 g/mol. The third-order valence-electron chi connectivity index (χ3n) is 6.79. The maximum Gasteiger partial charge on any atom is 0.374 e. The maximum absolute atomic E-state index is 15.2. The van der Waals surface area contributed by atoms with Crippen LogP contribution in [0.4, 0.5) is 14.1 Å². The quantitative estimate of drug-likeness (QED) is 0.276. The molecule has 2 aromatic heterocycles. The van der Waals surface area contributed by atoms with Crippen LogP contribution in [0.3, 0.4) is 0 Å². The van der Waals surface area contributed by atoms with Gasteiger partial charge in [0.1, 0.15) is 22.9 Å². The van der Waals surface area contributed by atoms with E-state index >= 15 is 4.39 Å². The minimum absolute atomic E-state index is 0.0406. The lowest BCUT2D eigenvalue weighted by atomic mass is 9.80. The highest BCUT2D eigenvalue weighted by atomic mass is 32.2. The lowest BCUT2D eigenvalue weighted by molar-refractivity contribution is 0.0684. The standard InChI is InChI=1S/C26H25F2N5O3S/c1-14(16-4-3-5-16)29-22-21-23(31-24(30-22)26(34)35)32-25(19-11-8-17(36-2)12-20(19)27)33(21)13-15-6-9-18(37-28)10-7-15/h6-12,14,16H,3-5,13H2,1-2H3,(H,34,35)(H,29,30,31). The number of carbonyl (C=O) groups is 1. The van der Waals surface area contributed by atoms with E-state index in [-0.39, 0.29) is 41.8 Å². The van der Waals surface area contributed by atoms with Crippen molar-refractivity contribution in [2.75, 3.05) is 12.4 Å². The number of carboxylic acids is 1. The van der Waals surface area contributed by atoms with Crippen molar-refractivity contribution in [2.24, 2.45) is 5.92 Å². The van der Waals surface area contributed by atoms with Crippen molar-refractivity contribution in [1.82, 2.24) is 19.5 Å². The number of ether oxygens (including phenoxy) is 1. The molecule has 1 atom stereocenters. The highest BCUT2D eigenvalue weighted by Gasteiger charge is 2.28. The number of anilines is 1. The van der Waals surface area contributed by atoms with E-state index in [1.165, 1.54) is 13.2 Å². The van der Waals surface area contributed by atoms with Crippen LogP contribution in [0.2, 0.25) is 0 Å². The average Bonchev–Trinajstić information content (AvgIpc) is 3.21. The summed E-state index contributed by atoms with van der Waals surface area (Å²) >= 11 is 0.151. The fraction of sp³-hybridized carbons (Fsp3) is 0.308. The van der Waals surface area contributed by atoms with Crippen LogP contribution in [-0.4, -0.2) is 43.7 Å². The van der Waals surface area contributed by atoms with Gasteiger partial charge in [0.05, 0.1) is 24.8 Å². The highest BCUT2D eigenvalue weighted by Crippen LogP contribution is 2.35. The van der Waals surface area contributed by atoms with Crippen molar-refractivity contribution in [3.63, 3.8) is 0 Å². The molecule has 2 aromatic carbocycles. The lowest BCUT2D eigenvalue weighted by Crippen LogP contribution is -2.31. The van der Waals surface area contributed by atoms with Gasteiger partial charge in [-0.2, -0.15) is 3.89 Å². The third kappa shape index (κ3) is 4.95. The Labute approximate surface area is 216 Å². The molecule has 1 fully saturated rings. The van der Waals surface area contributed by atoms with Crippen molar-refractivity contribution in [3.8, 4) is 17.1 Å². The van der Waals surface area contributed by atoms with Crippen molar-refractivity contribution in [1.29, 1.82) is 0 Å². The number of aromatic carboxylic acids is 1. The number of aromatic nitrogens is 4. The number of fused-ring (bicyclic) bond motifs is 1. The molecule has 11 heteroatoms. The Balaban J connectivity index is 1.71. The molecule has 2 N–H and O–H groups in total. The smallest absolute Gasteiger partial charge is 0.374 e. The number of methoxy groups -OCH3 is 1. The van der Waals surface area contributed by atoms with E-state index in [4.69, 9.17) is 4.74 Å². The summed E-state index contributed by atoms with van der Waals surface area (Å²) in [6.07, 6.45) is 3.31. The molecular formula is C26H25F2N5O3S. The normalized spacial score (nSPS) is 14.4. The number of carboxylic acid groups (broad SMARTS) is 1. The van der Waals surface area contributed by atoms with Gasteiger partial charge in [-0.1, -0.05) is 18.6 Å². The minimum Gasteiger partial charge on any atom is -0.497 e. The van der Waals surface area contributed by atoms with Crippen LogP contribution in [0.25, 0.3) is 22.6 Å². The van der Waals surface area contributed by atoms with Crippen LogP contribution < -0.4 is 10.1 Å². The second kappa shape index (κ2) is 10.3. The maximum atomic E-state index is 15.2. The monoisotopic (exact) mass is 525 g/mol. The van der Waals surface area contributed by atoms with Gasteiger partial charge in [0.2, 0.25) is 5.82 Å². The van der Waals surface area contributed by atoms with E-state index < -0.39 is 17.6 Å². The van der Waals surface area contributed by atoms with Gasteiger partial charge in [-0.25, -0.2) is 24.1 Å². The molecule has 1 saturated carbocycles. The Bertz CT molecular complexity index is 1460. The van der Waals surface area contributed by atoms with Gasteiger partial charge in [-0.15, -0.1) is 0 Å². The van der Waals surface area contributed by atoms with Gasteiger partial charge in [-0.3, -0.25) is 0 Å². The van der Waals surface area contributed by atoms with Crippen molar-refractivity contribution >= 4 is 35.1 Å². The topological polar surface area (TPSA) is 102 Å². The van der Waals surface area contributed by atoms with Crippen molar-refractivity contribution in [2.45, 2.75) is 43.7 Å². The van der Waals surface area contributed by atoms with Crippen LogP contribution in [0.15, 0.2) is 47.4 Å². The number of hydrogen-bond donors (Lipinski definition) is 2. The summed E-state index contributed by atoms with van der Waals surface area (Å²) in [4.78, 5) is 25.4. The van der Waals surface area contributed by atoms with Crippen LogP contribution in [0.5, 0.6) is 5.75 Å². The summed E-state index contributed by atoms with van der Waals surface area (Å²) in [5.74, 6) is -0.852. The molecule has 1 aliphatic carbocycles. The SMILES string of the molecule is COc1ccc(-c2nc3nc(C(=O)O)nc(NC(C)C4CCC4)c3n2Cc2ccc(SF)cc2)c(F)c1. The van der Waals surface area contributed by atoms with E-state index in [0.29, 0.717) is 27.9 Å². The molecule has 192 valence electrons. The molecule has 0 bridgehead atoms. The van der Waals surface area contributed by atoms with E-state index in [1.807, 2.05) is 6.92 Å². The molecule has 0 aliphatic heterocycles. The first-order valence-electron chi connectivity index (χ1n) is 11.9. The summed E-state index contributed by atoms with van der Waals surface area (Å²) in [6, 6.07) is 11.4. The summed E-state index contributed by atoms with van der Waals surface area (Å²) in [5.41, 5.74) is 1.61. The number of rotatable bonds is 9. The summed E-state index contributed by atoms with van der Waals surface area (Å²) in [7, 11) is 1.45. The lowest BCUT2D eigenvalue weighted by Gasteiger charge is -2.32. The zero-order chi connectivity index (χ0) is 26.1. The number of hydrogen-bond acceptors (Lipinski definition) is 7. The molecule has 1 unspecified atom stereocenters. The van der Waals surface area contributed by atoms with Gasteiger partial charge >= 0.3 is 5.97 Å². The number of nitrogens with one attached hydrogen (secondary N) is 1. The van der Waals surface area contributed by atoms with E-state index in [2.05, 4.69) is 20.3 Å². The van der Waals surface area contributed by atoms with E-state index in [1.54, 1.807) is 41.0 Å². The first-order chi connectivity index (χ1) is 17.9. The van der Waals surface area contributed by atoms with E-state index in [0.717, 1.165) is 24.8 Å². The fourth-order valence-corrected chi connectivity index (χ4v) is 4.74. The largest absolute Gasteiger partial charge is 0.497 e. The van der Waals surface area contributed by atoms with Gasteiger partial charge in [0.15, 0.2) is 11.5 Å².